The molecular formula is C58H98. The maximum atomic E-state index is 2.73. The summed E-state index contributed by atoms with van der Waals surface area (Å²) in [6.07, 6.45) is 39.3. The molecule has 14 atom stereocenters. The van der Waals surface area contributed by atoms with Gasteiger partial charge in [0.15, 0.2) is 0 Å². The highest BCUT2D eigenvalue weighted by Crippen LogP contribution is 2.69. The van der Waals surface area contributed by atoms with Crippen molar-refractivity contribution < 1.29 is 0 Å². The van der Waals surface area contributed by atoms with Crippen molar-refractivity contribution in [3.8, 4) is 0 Å². The zero-order chi connectivity index (χ0) is 42.2. The quantitative estimate of drug-likeness (QED) is 0.207. The van der Waals surface area contributed by atoms with E-state index in [9.17, 15) is 0 Å². The molecule has 0 saturated heterocycles. The topological polar surface area (TPSA) is 0 Å². The van der Waals surface area contributed by atoms with Crippen molar-refractivity contribution in [2.24, 2.45) is 92.7 Å². The fraction of sp³-hybridized carbons (Fsp3) is 0.862. The van der Waals surface area contributed by atoms with Crippen molar-refractivity contribution in [1.29, 1.82) is 0 Å². The lowest BCUT2D eigenvalue weighted by atomic mass is 9.46. The molecule has 0 spiro atoms. The normalized spacial score (nSPS) is 42.3. The minimum Gasteiger partial charge on any atom is -0.0807 e. The maximum Gasteiger partial charge on any atom is -0.00475 e. The summed E-state index contributed by atoms with van der Waals surface area (Å²) < 4.78 is 0. The minimum absolute atomic E-state index is 0.477. The molecule has 8 aliphatic carbocycles. The molecule has 0 radical (unpaired) electrons. The zero-order valence-electron chi connectivity index (χ0n) is 41.4. The first-order valence-corrected chi connectivity index (χ1v) is 26.3. The van der Waals surface area contributed by atoms with E-state index in [1.807, 2.05) is 13.8 Å². The zero-order valence-corrected chi connectivity index (χ0v) is 41.4. The Morgan fingerprint density at radius 1 is 0.500 bits per heavy atom. The summed E-state index contributed by atoms with van der Waals surface area (Å²) >= 11 is 0. The van der Waals surface area contributed by atoms with E-state index < -0.39 is 0 Å². The number of hydrogen-bond acceptors (Lipinski definition) is 0. The number of fused-ring (bicyclic) bond motifs is 10. The fourth-order valence-electron chi connectivity index (χ4n) is 17.2. The average molecular weight is 795 g/mol. The number of rotatable bonds is 10. The molecule has 0 unspecified atom stereocenters. The monoisotopic (exact) mass is 795 g/mol. The van der Waals surface area contributed by atoms with Gasteiger partial charge in [-0.25, -0.2) is 0 Å². The lowest BCUT2D eigenvalue weighted by Gasteiger charge is -2.58. The first-order valence-electron chi connectivity index (χ1n) is 26.3. The van der Waals surface area contributed by atoms with Gasteiger partial charge in [0.05, 0.1) is 0 Å². The maximum absolute atomic E-state index is 2.73. The summed E-state index contributed by atoms with van der Waals surface area (Å²) in [6, 6.07) is 0. The van der Waals surface area contributed by atoms with Crippen molar-refractivity contribution in [1.82, 2.24) is 0 Å². The van der Waals surface area contributed by atoms with Gasteiger partial charge in [-0.1, -0.05) is 168 Å². The lowest BCUT2D eigenvalue weighted by molar-refractivity contribution is -0.0549. The summed E-state index contributed by atoms with van der Waals surface area (Å²) in [5, 5.41) is 0. The Morgan fingerprint density at radius 3 is 1.24 bits per heavy atom. The SMILES string of the molecule is CC.CC1=CC[C@@]2(C)C(=C1)CC[C@H]1[C@@H]3CC[C@H]([C@H](C)CCCC(C)C)[C@@]3(C)CC[C@@H]12.CC1=CC[C@@]2(C)C(=C1)CC[C@H]1[C@@H]3CC[C@H]([C@H](C)CCCC(C)C)[C@@]3(C)CC[C@@H]12. The van der Waals surface area contributed by atoms with Gasteiger partial charge in [0.1, 0.15) is 0 Å². The standard InChI is InChI=1S/2C28H46.C2H6/c2*1-19(2)8-7-9-21(4)24-12-13-25-23-11-10-22-18-20(3)14-16-27(22,5)26(23)15-17-28(24,25)6;1-2/h2*14,18-19,21,23-26H,7-13,15-17H2,1-6H3;1-2H3/t2*21-,23+,24-,25+,26+,27+,28-;/m11./s1. The Kier molecular flexibility index (Phi) is 15.0. The first-order chi connectivity index (χ1) is 27.5. The molecule has 6 fully saturated rings. The van der Waals surface area contributed by atoms with Gasteiger partial charge in [-0.2, -0.15) is 0 Å². The third-order valence-electron chi connectivity index (χ3n) is 20.4. The number of hydrogen-bond donors (Lipinski definition) is 0. The Morgan fingerprint density at radius 2 is 0.879 bits per heavy atom. The molecule has 0 aromatic heterocycles. The minimum atomic E-state index is 0.477. The van der Waals surface area contributed by atoms with E-state index in [0.29, 0.717) is 21.7 Å². The molecular weight excluding hydrogens is 697 g/mol. The van der Waals surface area contributed by atoms with E-state index in [-0.39, 0.29) is 0 Å². The molecule has 0 aliphatic heterocycles. The van der Waals surface area contributed by atoms with Crippen molar-refractivity contribution in [3.63, 3.8) is 0 Å². The van der Waals surface area contributed by atoms with Gasteiger partial charge >= 0.3 is 0 Å². The molecule has 0 bridgehead atoms. The molecule has 0 aromatic carbocycles. The summed E-state index contributed by atoms with van der Waals surface area (Å²) in [7, 11) is 0. The van der Waals surface area contributed by atoms with E-state index in [1.54, 1.807) is 11.1 Å². The van der Waals surface area contributed by atoms with E-state index in [1.165, 1.54) is 140 Å². The second-order valence-electron chi connectivity index (χ2n) is 24.4. The van der Waals surface area contributed by atoms with E-state index in [4.69, 9.17) is 0 Å². The van der Waals surface area contributed by atoms with Crippen LogP contribution in [0.25, 0.3) is 0 Å². The molecule has 0 aromatic rings. The molecule has 8 aliphatic rings. The summed E-state index contributed by atoms with van der Waals surface area (Å²) in [4.78, 5) is 0. The van der Waals surface area contributed by atoms with Gasteiger partial charge in [-0.05, 0) is 196 Å². The van der Waals surface area contributed by atoms with Crippen molar-refractivity contribution in [2.75, 3.05) is 0 Å². The molecule has 8 rings (SSSR count). The fourth-order valence-corrected chi connectivity index (χ4v) is 17.2. The highest BCUT2D eigenvalue weighted by Gasteiger charge is 2.60. The van der Waals surface area contributed by atoms with Crippen LogP contribution in [0.3, 0.4) is 0 Å². The smallest absolute Gasteiger partial charge is 0.00475 e. The highest BCUT2D eigenvalue weighted by atomic mass is 14.6. The molecule has 330 valence electrons. The van der Waals surface area contributed by atoms with E-state index >= 15 is 0 Å². The van der Waals surface area contributed by atoms with Crippen LogP contribution in [0.1, 0.15) is 225 Å². The average Bonchev–Trinajstić information content (AvgIpc) is 3.73. The van der Waals surface area contributed by atoms with Gasteiger partial charge in [-0.3, -0.25) is 0 Å². The molecule has 58 heavy (non-hydrogen) atoms. The molecule has 6 saturated carbocycles. The Hall–Kier alpha value is -1.04. The Balaban J connectivity index is 0.000000188. The third kappa shape index (κ3) is 8.79. The van der Waals surface area contributed by atoms with Crippen LogP contribution in [0, 0.1) is 92.7 Å². The molecule has 0 N–H and O–H groups in total. The van der Waals surface area contributed by atoms with Gasteiger partial charge in [0.25, 0.3) is 0 Å². The van der Waals surface area contributed by atoms with E-state index in [0.717, 1.165) is 71.0 Å². The van der Waals surface area contributed by atoms with Gasteiger partial charge in [0, 0.05) is 0 Å². The van der Waals surface area contributed by atoms with Gasteiger partial charge in [0.2, 0.25) is 0 Å². The second-order valence-corrected chi connectivity index (χ2v) is 24.4. The second kappa shape index (κ2) is 18.7. The van der Waals surface area contributed by atoms with Crippen LogP contribution in [-0.4, -0.2) is 0 Å². The van der Waals surface area contributed by atoms with Crippen LogP contribution in [0.2, 0.25) is 0 Å². The predicted molar refractivity (Wildman–Crippen MR) is 256 cm³/mol. The van der Waals surface area contributed by atoms with E-state index in [2.05, 4.69) is 107 Å². The van der Waals surface area contributed by atoms with Crippen molar-refractivity contribution in [2.45, 2.75) is 225 Å². The van der Waals surface area contributed by atoms with Crippen LogP contribution in [-0.2, 0) is 0 Å². The highest BCUT2D eigenvalue weighted by molar-refractivity contribution is 5.36. The predicted octanol–water partition coefficient (Wildman–Crippen LogP) is 18.2. The van der Waals surface area contributed by atoms with Crippen LogP contribution in [0.4, 0.5) is 0 Å². The van der Waals surface area contributed by atoms with Crippen LogP contribution in [0.15, 0.2) is 46.6 Å². The lowest BCUT2D eigenvalue weighted by Crippen LogP contribution is -2.50. The van der Waals surface area contributed by atoms with Gasteiger partial charge < -0.3 is 0 Å². The Labute approximate surface area is 363 Å². The molecule has 0 heteroatoms. The van der Waals surface area contributed by atoms with Crippen molar-refractivity contribution in [3.05, 3.63) is 46.6 Å². The molecule has 0 heterocycles. The summed E-state index contributed by atoms with van der Waals surface area (Å²) in [5.74, 6) is 11.5. The number of allylic oxidation sites excluding steroid dienone is 8. The summed E-state index contributed by atoms with van der Waals surface area (Å²) in [6.45, 7) is 34.0. The summed E-state index contributed by atoms with van der Waals surface area (Å²) in [5.41, 5.74) is 8.86. The molecule has 0 amide bonds. The van der Waals surface area contributed by atoms with Crippen LogP contribution < -0.4 is 0 Å². The Bertz CT molecular complexity index is 1380. The first kappa shape index (κ1) is 46.5. The molecule has 0 nitrogen and oxygen atoms in total. The third-order valence-corrected chi connectivity index (χ3v) is 20.4. The largest absolute Gasteiger partial charge is 0.0807 e. The van der Waals surface area contributed by atoms with Gasteiger partial charge in [-0.15, -0.1) is 0 Å². The van der Waals surface area contributed by atoms with Crippen LogP contribution >= 0.6 is 0 Å². The van der Waals surface area contributed by atoms with Crippen molar-refractivity contribution >= 4 is 0 Å². The van der Waals surface area contributed by atoms with Crippen LogP contribution in [0.5, 0.6) is 0 Å².